The van der Waals surface area contributed by atoms with Crippen molar-refractivity contribution in [2.45, 2.75) is 5.41 Å². The minimum absolute atomic E-state index is 0.461. The molecule has 0 N–H and O–H groups in total. The smallest absolute Gasteiger partial charge is 0.0714 e. The van der Waals surface area contributed by atoms with Crippen LogP contribution in [0.1, 0.15) is 22.3 Å². The van der Waals surface area contributed by atoms with Gasteiger partial charge in [0.15, 0.2) is 0 Å². The molecule has 2 aromatic heterocycles. The largest absolute Gasteiger partial charge is 0.309 e. The summed E-state index contributed by atoms with van der Waals surface area (Å²) in [5, 5.41) is 5.02. The quantitative estimate of drug-likeness (QED) is 0.180. The molecule has 0 atom stereocenters. The molecule has 2 heteroatoms. The zero-order chi connectivity index (χ0) is 33.5. The molecule has 8 aromatic carbocycles. The Balaban J connectivity index is 1.25. The van der Waals surface area contributed by atoms with Gasteiger partial charge in [0, 0.05) is 32.9 Å². The molecule has 0 aliphatic heterocycles. The van der Waals surface area contributed by atoms with Gasteiger partial charge in [-0.25, -0.2) is 0 Å². The van der Waals surface area contributed by atoms with Crippen LogP contribution in [0.25, 0.3) is 66.1 Å². The van der Waals surface area contributed by atoms with E-state index in [4.69, 9.17) is 0 Å². The Morgan fingerprint density at radius 2 is 0.804 bits per heavy atom. The van der Waals surface area contributed by atoms with Crippen LogP contribution >= 0.6 is 0 Å². The number of para-hydroxylation sites is 3. The molecule has 11 rings (SSSR count). The maximum Gasteiger partial charge on any atom is 0.0714 e. The lowest BCUT2D eigenvalue weighted by Crippen LogP contribution is -2.28. The first-order valence-electron chi connectivity index (χ1n) is 17.7. The normalized spacial score (nSPS) is 13.3. The summed E-state index contributed by atoms with van der Waals surface area (Å²) in [6.07, 6.45) is 0. The Morgan fingerprint density at radius 3 is 1.47 bits per heavy atom. The van der Waals surface area contributed by atoms with Crippen LogP contribution in [0.5, 0.6) is 0 Å². The van der Waals surface area contributed by atoms with Gasteiger partial charge in [0.1, 0.15) is 0 Å². The maximum atomic E-state index is 2.50. The Labute approximate surface area is 296 Å². The van der Waals surface area contributed by atoms with Gasteiger partial charge in [-0.3, -0.25) is 0 Å². The van der Waals surface area contributed by atoms with E-state index in [-0.39, 0.29) is 0 Å². The van der Waals surface area contributed by atoms with Gasteiger partial charge in [-0.2, -0.15) is 0 Å². The first kappa shape index (κ1) is 28.2. The van der Waals surface area contributed by atoms with Gasteiger partial charge >= 0.3 is 0 Å². The SMILES string of the molecule is c1ccc(-n2c3ccccc3c3cc(-n4c5ccccc5c5cc6c(cc54)C(c4ccccc4)(c4ccccc4)c4ccccc4-6)ccc32)cc1. The minimum atomic E-state index is -0.461. The van der Waals surface area contributed by atoms with E-state index in [9.17, 15) is 0 Å². The highest BCUT2D eigenvalue weighted by Gasteiger charge is 2.46. The number of rotatable bonds is 4. The fourth-order valence-electron chi connectivity index (χ4n) is 9.14. The van der Waals surface area contributed by atoms with E-state index >= 15 is 0 Å². The summed E-state index contributed by atoms with van der Waals surface area (Å²) in [7, 11) is 0. The maximum absolute atomic E-state index is 2.50. The molecular formula is C49H32N2. The van der Waals surface area contributed by atoms with Crippen LogP contribution in [0, 0.1) is 0 Å². The molecule has 1 aliphatic rings. The zero-order valence-corrected chi connectivity index (χ0v) is 27.9. The van der Waals surface area contributed by atoms with Crippen molar-refractivity contribution >= 4 is 43.6 Å². The Bertz CT molecular complexity index is 2910. The second-order valence-corrected chi connectivity index (χ2v) is 13.7. The van der Waals surface area contributed by atoms with Crippen LogP contribution in [0.4, 0.5) is 0 Å². The summed E-state index contributed by atoms with van der Waals surface area (Å²) in [5.74, 6) is 0. The number of hydrogen-bond donors (Lipinski definition) is 0. The molecule has 0 radical (unpaired) electrons. The lowest BCUT2D eigenvalue weighted by Gasteiger charge is -2.34. The van der Waals surface area contributed by atoms with Gasteiger partial charge in [-0.15, -0.1) is 0 Å². The third kappa shape index (κ3) is 3.82. The predicted octanol–water partition coefficient (Wildman–Crippen LogP) is 12.2. The van der Waals surface area contributed by atoms with Crippen LogP contribution in [0.2, 0.25) is 0 Å². The molecule has 2 nitrogen and oxygen atoms in total. The molecule has 1 aliphatic carbocycles. The van der Waals surface area contributed by atoms with Crippen LogP contribution < -0.4 is 0 Å². The van der Waals surface area contributed by atoms with Crippen molar-refractivity contribution in [2.75, 3.05) is 0 Å². The fraction of sp³-hybridized carbons (Fsp3) is 0.0204. The monoisotopic (exact) mass is 648 g/mol. The summed E-state index contributed by atoms with van der Waals surface area (Å²) in [6.45, 7) is 0. The molecule has 0 unspecified atom stereocenters. The van der Waals surface area contributed by atoms with Gasteiger partial charge in [-0.1, -0.05) is 140 Å². The number of nitrogens with zero attached hydrogens (tertiary/aromatic N) is 2. The van der Waals surface area contributed by atoms with Crippen LogP contribution in [0.3, 0.4) is 0 Å². The summed E-state index contributed by atoms with van der Waals surface area (Å²) in [5.41, 5.74) is 14.5. The third-order valence-corrected chi connectivity index (χ3v) is 11.2. The topological polar surface area (TPSA) is 9.86 Å². The molecule has 0 bridgehead atoms. The van der Waals surface area contributed by atoms with Crippen LogP contribution in [-0.2, 0) is 5.41 Å². The zero-order valence-electron chi connectivity index (χ0n) is 27.9. The van der Waals surface area contributed by atoms with E-state index in [1.807, 2.05) is 0 Å². The molecule has 10 aromatic rings. The predicted molar refractivity (Wildman–Crippen MR) is 212 cm³/mol. The Kier molecular flexibility index (Phi) is 5.91. The van der Waals surface area contributed by atoms with E-state index in [2.05, 4.69) is 203 Å². The molecule has 0 amide bonds. The molecule has 51 heavy (non-hydrogen) atoms. The number of fused-ring (bicyclic) bond motifs is 9. The molecule has 2 heterocycles. The number of benzene rings is 8. The van der Waals surface area contributed by atoms with Gasteiger partial charge in [0.2, 0.25) is 0 Å². The molecule has 0 saturated heterocycles. The number of hydrogen-bond acceptors (Lipinski definition) is 0. The lowest BCUT2D eigenvalue weighted by molar-refractivity contribution is 0.769. The van der Waals surface area contributed by atoms with E-state index in [1.54, 1.807) is 0 Å². The highest BCUT2D eigenvalue weighted by atomic mass is 15.0. The van der Waals surface area contributed by atoms with Crippen molar-refractivity contribution in [1.82, 2.24) is 9.13 Å². The van der Waals surface area contributed by atoms with Crippen molar-refractivity contribution in [3.63, 3.8) is 0 Å². The second-order valence-electron chi connectivity index (χ2n) is 13.7. The standard InChI is InChI=1S/C49H32N2/c1-4-16-33(17-5-1)49(34-18-6-2-7-19-34)43-25-13-10-22-37(43)40-31-42-39-24-12-15-27-46(39)51(48(42)32-44(40)49)36-28-29-47-41(30-36)38-23-11-14-26-45(38)50(47)35-20-8-3-9-21-35/h1-32H. The molecule has 0 fully saturated rings. The minimum Gasteiger partial charge on any atom is -0.309 e. The molecule has 0 saturated carbocycles. The van der Waals surface area contributed by atoms with Crippen molar-refractivity contribution in [3.8, 4) is 22.5 Å². The Morgan fingerprint density at radius 1 is 0.294 bits per heavy atom. The Hall–Kier alpha value is -6.64. The van der Waals surface area contributed by atoms with E-state index in [0.717, 1.165) is 5.69 Å². The highest BCUT2D eigenvalue weighted by Crippen LogP contribution is 2.57. The summed E-state index contributed by atoms with van der Waals surface area (Å²) >= 11 is 0. The fourth-order valence-corrected chi connectivity index (χ4v) is 9.14. The van der Waals surface area contributed by atoms with Gasteiger partial charge in [0.25, 0.3) is 0 Å². The van der Waals surface area contributed by atoms with E-state index in [1.165, 1.54) is 82.7 Å². The highest BCUT2D eigenvalue weighted by molar-refractivity contribution is 6.13. The van der Waals surface area contributed by atoms with Crippen molar-refractivity contribution < 1.29 is 0 Å². The van der Waals surface area contributed by atoms with Gasteiger partial charge in [0.05, 0.1) is 27.5 Å². The summed E-state index contributed by atoms with van der Waals surface area (Å²) < 4.78 is 4.88. The first-order chi connectivity index (χ1) is 25.3. The van der Waals surface area contributed by atoms with Crippen molar-refractivity contribution in [3.05, 3.63) is 216 Å². The second kappa shape index (κ2) is 10.7. The summed E-state index contributed by atoms with van der Waals surface area (Å²) in [6, 6.07) is 71.5. The lowest BCUT2D eigenvalue weighted by atomic mass is 9.67. The first-order valence-corrected chi connectivity index (χ1v) is 17.7. The molecule has 0 spiro atoms. The average Bonchev–Trinajstić information content (AvgIpc) is 3.82. The van der Waals surface area contributed by atoms with Gasteiger partial charge < -0.3 is 9.13 Å². The summed E-state index contributed by atoms with van der Waals surface area (Å²) in [4.78, 5) is 0. The van der Waals surface area contributed by atoms with E-state index in [0.29, 0.717) is 0 Å². The molecule has 238 valence electrons. The third-order valence-electron chi connectivity index (χ3n) is 11.2. The van der Waals surface area contributed by atoms with Crippen molar-refractivity contribution in [1.29, 1.82) is 0 Å². The van der Waals surface area contributed by atoms with Crippen LogP contribution in [-0.4, -0.2) is 9.13 Å². The van der Waals surface area contributed by atoms with Crippen LogP contribution in [0.15, 0.2) is 194 Å². The van der Waals surface area contributed by atoms with E-state index < -0.39 is 5.41 Å². The van der Waals surface area contributed by atoms with Crippen molar-refractivity contribution in [2.24, 2.45) is 0 Å². The average molecular weight is 649 g/mol. The van der Waals surface area contributed by atoms with Gasteiger partial charge in [-0.05, 0) is 88.0 Å². The number of aromatic nitrogens is 2. The molecular weight excluding hydrogens is 617 g/mol.